The number of carbonyl (C=O) groups excluding carboxylic acids is 3. The highest BCUT2D eigenvalue weighted by Crippen LogP contribution is 2.67. The Hall–Kier alpha value is -4.57. The van der Waals surface area contributed by atoms with Crippen molar-refractivity contribution in [2.75, 3.05) is 19.6 Å². The Morgan fingerprint density at radius 2 is 1.36 bits per heavy atom. The molecule has 0 spiro atoms. The van der Waals surface area contributed by atoms with Crippen LogP contribution in [0.1, 0.15) is 170 Å². The molecule has 0 aromatic heterocycles. The number of amidine groups is 1. The maximum absolute atomic E-state index is 14.2. The predicted octanol–water partition coefficient (Wildman–Crippen LogP) is 4.99. The number of nitrogens with one attached hydrogen (secondary N) is 2. The molecule has 17 nitrogen and oxygen atoms in total. The van der Waals surface area contributed by atoms with Crippen molar-refractivity contribution in [3.63, 3.8) is 0 Å². The molecular weight excluding hydrogens is 847 g/mol. The number of ether oxygens (including phenoxy) is 1. The number of rotatable bonds is 27. The van der Waals surface area contributed by atoms with Crippen LogP contribution in [0.15, 0.2) is 31.6 Å². The van der Waals surface area contributed by atoms with Gasteiger partial charge < -0.3 is 55.5 Å². The maximum atomic E-state index is 14.2. The number of esters is 1. The Morgan fingerprint density at radius 1 is 0.716 bits per heavy atom. The van der Waals surface area contributed by atoms with Crippen LogP contribution in [0, 0.1) is 46.3 Å². The highest BCUT2D eigenvalue weighted by Gasteiger charge is 2.59. The minimum absolute atomic E-state index is 0.0134. The van der Waals surface area contributed by atoms with E-state index in [4.69, 9.17) is 44.9 Å². The van der Waals surface area contributed by atoms with E-state index in [1.807, 2.05) is 0 Å². The lowest BCUT2D eigenvalue weighted by molar-refractivity contribution is -0.155. The zero-order valence-corrected chi connectivity index (χ0v) is 42.1. The molecule has 17 heteroatoms. The second-order valence-corrected chi connectivity index (χ2v) is 21.4. The molecule has 11 atom stereocenters. The molecule has 0 heterocycles. The van der Waals surface area contributed by atoms with Crippen molar-refractivity contribution >= 4 is 41.5 Å². The molecule has 67 heavy (non-hydrogen) atoms. The van der Waals surface area contributed by atoms with Gasteiger partial charge in [-0.1, -0.05) is 65.5 Å². The topological polar surface area (TPSA) is 316 Å². The molecule has 3 fully saturated rings. The first-order chi connectivity index (χ1) is 31.7. The zero-order valence-electron chi connectivity index (χ0n) is 42.1. The van der Waals surface area contributed by atoms with Gasteiger partial charge in [0.15, 0.2) is 17.9 Å². The monoisotopic (exact) mass is 938 g/mol. The summed E-state index contributed by atoms with van der Waals surface area (Å²) in [7, 11) is 0. The molecule has 0 saturated heterocycles. The normalized spacial score (nSPS) is 27.4. The second kappa shape index (κ2) is 26.3. The predicted molar refractivity (Wildman–Crippen MR) is 271 cm³/mol. The number of nitrogens with two attached hydrogens (primary N) is 7. The second-order valence-electron chi connectivity index (χ2n) is 21.4. The largest absolute Gasteiger partial charge is 0.461 e. The minimum Gasteiger partial charge on any atom is -0.461 e. The van der Waals surface area contributed by atoms with Crippen molar-refractivity contribution in [3.8, 4) is 0 Å². The van der Waals surface area contributed by atoms with Gasteiger partial charge in [0.25, 0.3) is 0 Å². The molecule has 11 unspecified atom stereocenters. The first-order valence-electron chi connectivity index (χ1n) is 25.7. The van der Waals surface area contributed by atoms with E-state index >= 15 is 0 Å². The third-order valence-electron chi connectivity index (χ3n) is 16.0. The summed E-state index contributed by atoms with van der Waals surface area (Å²) in [6.07, 6.45) is 19.8. The summed E-state index contributed by atoms with van der Waals surface area (Å²) in [5.74, 6) is 3.36. The standard InChI is InChI=1S/C50H91N13O4/c1-31(2)14-13-15-32(3)37-21-22-38-36-20-19-34-30-35(23-25-49(34,5)39(36)24-26-50(37,38)6)67-45(66)42(61-44(65)41(63-48(56)57)17-7-10-27-58-33(4)51)18-9-11-28-59-43(64)40(62-47(54)55)16-8-12-29-60-46(52)53/h19,31-32,35-42H,7-18,20-30H2,1-6H3,(H2,51,58)(H,59,64)(H,61,65)(H4,52,53,60)(H4,54,55,62)(H4,56,57,63). The smallest absolute Gasteiger partial charge is 0.328 e. The van der Waals surface area contributed by atoms with Crippen molar-refractivity contribution in [2.24, 2.45) is 106 Å². The van der Waals surface area contributed by atoms with E-state index in [1.165, 1.54) is 50.5 Å². The highest BCUT2D eigenvalue weighted by molar-refractivity contribution is 5.90. The summed E-state index contributed by atoms with van der Waals surface area (Å²) < 4.78 is 6.35. The molecule has 380 valence electrons. The number of allylic oxidation sites excluding steroid dienone is 1. The molecule has 4 aliphatic carbocycles. The van der Waals surface area contributed by atoms with Crippen LogP contribution in [0.2, 0.25) is 0 Å². The van der Waals surface area contributed by atoms with Gasteiger partial charge in [-0.25, -0.2) is 14.8 Å². The number of fused-ring (bicyclic) bond motifs is 5. The van der Waals surface area contributed by atoms with Gasteiger partial charge in [-0.3, -0.25) is 19.6 Å². The Morgan fingerprint density at radius 3 is 1.99 bits per heavy atom. The van der Waals surface area contributed by atoms with Crippen LogP contribution in [0.4, 0.5) is 0 Å². The average Bonchev–Trinajstić information content (AvgIpc) is 3.61. The fourth-order valence-electron chi connectivity index (χ4n) is 12.5. The van der Waals surface area contributed by atoms with Crippen molar-refractivity contribution in [2.45, 2.75) is 194 Å². The number of guanidine groups is 3. The first-order valence-corrected chi connectivity index (χ1v) is 25.7. The lowest BCUT2D eigenvalue weighted by Gasteiger charge is -2.58. The Labute approximate surface area is 402 Å². The van der Waals surface area contributed by atoms with E-state index in [-0.39, 0.29) is 41.7 Å². The van der Waals surface area contributed by atoms with Crippen LogP contribution in [0.5, 0.6) is 0 Å². The number of nitrogens with zero attached hydrogens (tertiary/aromatic N) is 4. The third-order valence-corrected chi connectivity index (χ3v) is 16.0. The Kier molecular flexibility index (Phi) is 21.6. The van der Waals surface area contributed by atoms with Gasteiger partial charge in [0.1, 0.15) is 24.2 Å². The average molecular weight is 938 g/mol. The van der Waals surface area contributed by atoms with Gasteiger partial charge in [0.05, 0.1) is 5.84 Å². The molecule has 16 N–H and O–H groups in total. The summed E-state index contributed by atoms with van der Waals surface area (Å²) in [5, 5.41) is 5.87. The lowest BCUT2D eigenvalue weighted by atomic mass is 9.47. The van der Waals surface area contributed by atoms with E-state index in [1.54, 1.807) is 6.92 Å². The summed E-state index contributed by atoms with van der Waals surface area (Å²) in [4.78, 5) is 57.8. The summed E-state index contributed by atoms with van der Waals surface area (Å²) in [6, 6.07) is -2.61. The maximum Gasteiger partial charge on any atom is 0.328 e. The first kappa shape index (κ1) is 55.0. The number of hydrogen-bond acceptors (Lipinski definition) is 8. The Bertz CT molecular complexity index is 1770. The van der Waals surface area contributed by atoms with Crippen molar-refractivity contribution in [1.82, 2.24) is 10.6 Å². The molecule has 3 saturated carbocycles. The Balaban J connectivity index is 1.41. The van der Waals surface area contributed by atoms with Crippen LogP contribution in [0.25, 0.3) is 0 Å². The number of amides is 2. The molecule has 0 aromatic rings. The SMILES string of the molecule is CC(N)=NCCCCC(N=C(N)N)C(=O)NC(CCCCNC(=O)C(CCCCN=C(N)N)N=C(N)N)C(=O)OC1CCC2(C)C(=CCC3C2CCC2(C)C(C(C)CCCC(C)C)CCC32)C1. The summed E-state index contributed by atoms with van der Waals surface area (Å²) in [5.41, 5.74) is 41.3. The fourth-order valence-corrected chi connectivity index (χ4v) is 12.5. The van der Waals surface area contributed by atoms with Crippen molar-refractivity contribution in [3.05, 3.63) is 11.6 Å². The van der Waals surface area contributed by atoms with Crippen molar-refractivity contribution in [1.29, 1.82) is 0 Å². The summed E-state index contributed by atoms with van der Waals surface area (Å²) in [6.45, 7) is 15.3. The number of hydrogen-bond donors (Lipinski definition) is 9. The molecular formula is C50H91N13O4. The van der Waals surface area contributed by atoms with Gasteiger partial charge in [-0.15, -0.1) is 0 Å². The molecule has 0 radical (unpaired) electrons. The zero-order chi connectivity index (χ0) is 49.3. The summed E-state index contributed by atoms with van der Waals surface area (Å²) >= 11 is 0. The quantitative estimate of drug-likeness (QED) is 0.0174. The van der Waals surface area contributed by atoms with E-state index in [9.17, 15) is 14.4 Å². The van der Waals surface area contributed by atoms with Crippen LogP contribution in [-0.4, -0.2) is 85.4 Å². The number of unbranched alkanes of at least 4 members (excludes halogenated alkanes) is 3. The lowest BCUT2D eigenvalue weighted by Crippen LogP contribution is -2.51. The molecule has 4 rings (SSSR count). The van der Waals surface area contributed by atoms with Crippen LogP contribution < -0.4 is 50.8 Å². The van der Waals surface area contributed by atoms with Crippen LogP contribution in [-0.2, 0) is 19.1 Å². The van der Waals surface area contributed by atoms with E-state index in [2.05, 4.69) is 71.3 Å². The van der Waals surface area contributed by atoms with E-state index < -0.39 is 30.0 Å². The molecule has 0 aromatic carbocycles. The molecule has 4 aliphatic rings. The van der Waals surface area contributed by atoms with Gasteiger partial charge in [0.2, 0.25) is 11.8 Å². The highest BCUT2D eigenvalue weighted by atomic mass is 16.5. The third kappa shape index (κ3) is 16.3. The van der Waals surface area contributed by atoms with Gasteiger partial charge in [-0.2, -0.15) is 0 Å². The van der Waals surface area contributed by atoms with Crippen LogP contribution >= 0.6 is 0 Å². The number of carbonyl (C=O) groups is 3. The molecule has 0 aliphatic heterocycles. The molecule has 2 amide bonds. The molecule has 0 bridgehead atoms. The fraction of sp³-hybridized carbons (Fsp3) is 0.820. The van der Waals surface area contributed by atoms with Crippen molar-refractivity contribution < 1.29 is 19.1 Å². The van der Waals surface area contributed by atoms with Gasteiger partial charge >= 0.3 is 5.97 Å². The van der Waals surface area contributed by atoms with E-state index in [0.717, 1.165) is 42.9 Å². The van der Waals surface area contributed by atoms with Gasteiger partial charge in [-0.05, 0) is 156 Å². The van der Waals surface area contributed by atoms with E-state index in [0.29, 0.717) is 101 Å². The number of aliphatic imine (C=N–C) groups is 4. The van der Waals surface area contributed by atoms with Gasteiger partial charge in [0, 0.05) is 26.1 Å². The minimum atomic E-state index is -0.943. The van der Waals surface area contributed by atoms with Crippen LogP contribution in [0.3, 0.4) is 0 Å².